The van der Waals surface area contributed by atoms with E-state index in [1.807, 2.05) is 36.4 Å². The third kappa shape index (κ3) is 5.21. The third-order valence-electron chi connectivity index (χ3n) is 4.89. The van der Waals surface area contributed by atoms with Crippen LogP contribution < -0.4 is 9.62 Å². The van der Waals surface area contributed by atoms with Crippen LogP contribution in [0.1, 0.15) is 22.1 Å². The zero-order valence-corrected chi connectivity index (χ0v) is 18.3. The number of thioether (sulfide) groups is 1. The number of rotatable bonds is 7. The molecule has 0 bridgehead atoms. The minimum atomic E-state index is -3.77. The monoisotopic (exact) mass is 454 g/mol. The summed E-state index contributed by atoms with van der Waals surface area (Å²) in [6.45, 7) is 0.128. The van der Waals surface area contributed by atoms with E-state index >= 15 is 0 Å². The lowest BCUT2D eigenvalue weighted by Gasteiger charge is -2.26. The summed E-state index contributed by atoms with van der Waals surface area (Å²) in [6.07, 6.45) is 0. The summed E-state index contributed by atoms with van der Waals surface area (Å²) in [4.78, 5) is 11.6. The van der Waals surface area contributed by atoms with E-state index in [1.165, 1.54) is 22.1 Å². The number of hydrogen-bond donors (Lipinski definition) is 2. The summed E-state index contributed by atoms with van der Waals surface area (Å²) >= 11 is 1.41. The van der Waals surface area contributed by atoms with Gasteiger partial charge in [-0.05, 0) is 28.8 Å². The van der Waals surface area contributed by atoms with Crippen LogP contribution in [0, 0.1) is 0 Å². The molecule has 1 saturated heterocycles. The first-order valence-electron chi connectivity index (χ1n) is 9.74. The molecule has 1 amide bonds. The van der Waals surface area contributed by atoms with Gasteiger partial charge in [-0.1, -0.05) is 60.7 Å². The molecule has 1 aliphatic rings. The number of anilines is 1. The van der Waals surface area contributed by atoms with E-state index < -0.39 is 10.0 Å². The number of phenols is 1. The molecule has 0 spiro atoms. The third-order valence-corrected chi connectivity index (χ3v) is 7.75. The molecule has 0 radical (unpaired) electrons. The second kappa shape index (κ2) is 9.03. The smallest absolute Gasteiger partial charge is 0.239 e. The van der Waals surface area contributed by atoms with Crippen LogP contribution in [-0.4, -0.2) is 25.2 Å². The van der Waals surface area contributed by atoms with Gasteiger partial charge in [0.2, 0.25) is 15.9 Å². The summed E-state index contributed by atoms with van der Waals surface area (Å²) in [5, 5.41) is 12.9. The lowest BCUT2D eigenvalue weighted by atomic mass is 10.1. The normalized spacial score (nSPS) is 16.1. The van der Waals surface area contributed by atoms with E-state index in [2.05, 4.69) is 5.32 Å². The Balaban J connectivity index is 1.73. The number of carbonyl (C=O) groups is 1. The van der Waals surface area contributed by atoms with Gasteiger partial charge >= 0.3 is 0 Å². The van der Waals surface area contributed by atoms with E-state index in [0.717, 1.165) is 5.56 Å². The number of carbonyl (C=O) groups excluding carboxylic acids is 1. The fraction of sp³-hybridized carbons (Fsp3) is 0.174. The molecule has 0 aromatic heterocycles. The summed E-state index contributed by atoms with van der Waals surface area (Å²) in [7, 11) is -3.77. The van der Waals surface area contributed by atoms with Crippen molar-refractivity contribution < 1.29 is 18.3 Å². The standard InChI is InChI=1S/C23H22N2O4S2/c26-21-12-19(23-24-22(27)15-30-23)11-20(13-21)25(14-17-7-3-1-4-8-17)31(28,29)16-18-9-5-2-6-10-18/h1-13,23,26H,14-16H2,(H,24,27). The van der Waals surface area contributed by atoms with Crippen molar-refractivity contribution in [1.82, 2.24) is 5.32 Å². The molecule has 31 heavy (non-hydrogen) atoms. The molecule has 1 fully saturated rings. The molecule has 1 heterocycles. The van der Waals surface area contributed by atoms with Crippen LogP contribution in [0.5, 0.6) is 5.75 Å². The molecule has 6 nitrogen and oxygen atoms in total. The van der Waals surface area contributed by atoms with E-state index in [4.69, 9.17) is 0 Å². The number of amides is 1. The fourth-order valence-corrected chi connectivity index (χ4v) is 5.93. The van der Waals surface area contributed by atoms with Gasteiger partial charge in [-0.15, -0.1) is 11.8 Å². The van der Waals surface area contributed by atoms with E-state index in [0.29, 0.717) is 22.6 Å². The highest BCUT2D eigenvalue weighted by Gasteiger charge is 2.27. The molecule has 160 valence electrons. The van der Waals surface area contributed by atoms with Crippen molar-refractivity contribution in [3.05, 3.63) is 95.6 Å². The Morgan fingerprint density at radius 2 is 1.61 bits per heavy atom. The topological polar surface area (TPSA) is 86.7 Å². The Labute approximate surface area is 186 Å². The Bertz CT molecular complexity index is 1170. The highest BCUT2D eigenvalue weighted by molar-refractivity contribution is 8.00. The number of nitrogens with one attached hydrogen (secondary N) is 1. The van der Waals surface area contributed by atoms with Crippen LogP contribution in [0.3, 0.4) is 0 Å². The molecular weight excluding hydrogens is 432 g/mol. The molecule has 0 saturated carbocycles. The molecule has 1 unspecified atom stereocenters. The molecule has 1 atom stereocenters. The SMILES string of the molecule is O=C1CSC(c2cc(O)cc(N(Cc3ccccc3)S(=O)(=O)Cc3ccccc3)c2)N1. The number of phenolic OH excluding ortho intramolecular Hbond substituents is 1. The Morgan fingerprint density at radius 3 is 2.23 bits per heavy atom. The van der Waals surface area contributed by atoms with Gasteiger partial charge < -0.3 is 10.4 Å². The molecule has 3 aromatic carbocycles. The van der Waals surface area contributed by atoms with Crippen molar-refractivity contribution in [3.63, 3.8) is 0 Å². The highest BCUT2D eigenvalue weighted by atomic mass is 32.2. The number of sulfonamides is 1. The van der Waals surface area contributed by atoms with Gasteiger partial charge in [-0.25, -0.2) is 8.42 Å². The summed E-state index contributed by atoms with van der Waals surface area (Å²) < 4.78 is 28.3. The first-order chi connectivity index (χ1) is 14.9. The van der Waals surface area contributed by atoms with Crippen molar-refractivity contribution in [3.8, 4) is 5.75 Å². The largest absolute Gasteiger partial charge is 0.508 e. The zero-order valence-electron chi connectivity index (χ0n) is 16.6. The van der Waals surface area contributed by atoms with Gasteiger partial charge in [0.05, 0.1) is 23.7 Å². The van der Waals surface area contributed by atoms with Crippen LogP contribution in [0.15, 0.2) is 78.9 Å². The van der Waals surface area contributed by atoms with Crippen LogP contribution in [0.2, 0.25) is 0 Å². The number of hydrogen-bond acceptors (Lipinski definition) is 5. The van der Waals surface area contributed by atoms with E-state index in [9.17, 15) is 18.3 Å². The van der Waals surface area contributed by atoms with Crippen LogP contribution in [-0.2, 0) is 27.1 Å². The van der Waals surface area contributed by atoms with Crippen molar-refractivity contribution >= 4 is 33.4 Å². The quantitative estimate of drug-likeness (QED) is 0.567. The van der Waals surface area contributed by atoms with E-state index in [-0.39, 0.29) is 29.3 Å². The Hall–Kier alpha value is -2.97. The van der Waals surface area contributed by atoms with Gasteiger partial charge in [0.1, 0.15) is 11.1 Å². The minimum Gasteiger partial charge on any atom is -0.508 e. The predicted octanol–water partition coefficient (Wildman–Crippen LogP) is 3.79. The summed E-state index contributed by atoms with van der Waals surface area (Å²) in [5.74, 6) is 0.0240. The number of aromatic hydroxyl groups is 1. The van der Waals surface area contributed by atoms with Crippen molar-refractivity contribution in [2.45, 2.75) is 17.7 Å². The van der Waals surface area contributed by atoms with Gasteiger partial charge in [0, 0.05) is 6.07 Å². The van der Waals surface area contributed by atoms with Crippen LogP contribution in [0.4, 0.5) is 5.69 Å². The maximum Gasteiger partial charge on any atom is 0.239 e. The average Bonchev–Trinajstić information content (AvgIpc) is 3.19. The second-order valence-corrected chi connectivity index (χ2v) is 10.3. The minimum absolute atomic E-state index is 0.0535. The van der Waals surface area contributed by atoms with E-state index in [1.54, 1.807) is 36.4 Å². The van der Waals surface area contributed by atoms with Crippen molar-refractivity contribution in [1.29, 1.82) is 0 Å². The molecular formula is C23H22N2O4S2. The Morgan fingerprint density at radius 1 is 0.968 bits per heavy atom. The van der Waals surface area contributed by atoms with Crippen molar-refractivity contribution in [2.75, 3.05) is 10.1 Å². The maximum atomic E-state index is 13.5. The average molecular weight is 455 g/mol. The molecule has 8 heteroatoms. The van der Waals surface area contributed by atoms with Gasteiger partial charge in [-0.2, -0.15) is 0 Å². The van der Waals surface area contributed by atoms with Gasteiger partial charge in [0.15, 0.2) is 0 Å². The first-order valence-corrected chi connectivity index (χ1v) is 12.4. The summed E-state index contributed by atoms with van der Waals surface area (Å²) in [6, 6.07) is 23.0. The molecule has 3 aromatic rings. The van der Waals surface area contributed by atoms with Crippen LogP contribution >= 0.6 is 11.8 Å². The predicted molar refractivity (Wildman–Crippen MR) is 123 cm³/mol. The molecule has 0 aliphatic carbocycles. The molecule has 4 rings (SSSR count). The fourth-order valence-electron chi connectivity index (χ4n) is 3.44. The lowest BCUT2D eigenvalue weighted by molar-refractivity contribution is -0.118. The number of benzene rings is 3. The van der Waals surface area contributed by atoms with Gasteiger partial charge in [0.25, 0.3) is 0 Å². The molecule has 1 aliphatic heterocycles. The lowest BCUT2D eigenvalue weighted by Crippen LogP contribution is -2.32. The second-order valence-electron chi connectivity index (χ2n) is 7.28. The Kier molecular flexibility index (Phi) is 6.20. The van der Waals surface area contributed by atoms with Crippen molar-refractivity contribution in [2.24, 2.45) is 0 Å². The molecule has 2 N–H and O–H groups in total. The highest BCUT2D eigenvalue weighted by Crippen LogP contribution is 2.36. The summed E-state index contributed by atoms with van der Waals surface area (Å²) in [5.41, 5.74) is 2.52. The van der Waals surface area contributed by atoms with Crippen LogP contribution in [0.25, 0.3) is 0 Å². The zero-order chi connectivity index (χ0) is 21.8. The maximum absolute atomic E-state index is 13.5. The first kappa shape index (κ1) is 21.3. The number of nitrogens with zero attached hydrogens (tertiary/aromatic N) is 1. The van der Waals surface area contributed by atoms with Gasteiger partial charge in [-0.3, -0.25) is 9.10 Å².